The molecule has 1 saturated heterocycles. The maximum atomic E-state index is 16.3. The molecule has 8 saturated carbocycles. The number of aliphatic imine (C=N–C) groups is 1. The molecule has 1 aromatic rings. The predicted molar refractivity (Wildman–Crippen MR) is 327 cm³/mol. The van der Waals surface area contributed by atoms with Gasteiger partial charge in [-0.05, 0) is 199 Å². The number of hydrogen-bond acceptors (Lipinski definition) is 13. The van der Waals surface area contributed by atoms with E-state index in [0.717, 1.165) is 95.6 Å². The van der Waals surface area contributed by atoms with Crippen LogP contribution in [0, 0.1) is 92.7 Å². The maximum absolute atomic E-state index is 16.3. The predicted octanol–water partition coefficient (Wildman–Crippen LogP) is 8.80. The highest BCUT2D eigenvalue weighted by Gasteiger charge is 2.79. The Morgan fingerprint density at radius 3 is 2.41 bits per heavy atom. The lowest BCUT2D eigenvalue weighted by molar-refractivity contribution is -0.214. The Labute approximate surface area is 502 Å². The number of guanidine groups is 1. The molecule has 0 amide bonds. The topological polar surface area (TPSA) is 239 Å². The van der Waals surface area contributed by atoms with Gasteiger partial charge in [-0.25, -0.2) is 4.98 Å². The van der Waals surface area contributed by atoms with Crippen LogP contribution < -0.4 is 16.4 Å². The average molecular weight is 1180 g/mol. The molecule has 0 radical (unpaired) electrons. The number of ketones is 1. The van der Waals surface area contributed by atoms with E-state index in [1.54, 1.807) is 23.6 Å². The minimum atomic E-state index is -1.76. The van der Waals surface area contributed by atoms with Gasteiger partial charge in [0.1, 0.15) is 6.23 Å². The van der Waals surface area contributed by atoms with Crippen molar-refractivity contribution in [2.24, 2.45) is 103 Å². The second-order valence-corrected chi connectivity index (χ2v) is 33.0. The molecule has 83 heavy (non-hydrogen) atoms. The van der Waals surface area contributed by atoms with Crippen LogP contribution >= 0.6 is 21.6 Å². The van der Waals surface area contributed by atoms with Crippen LogP contribution in [0.4, 0.5) is 0 Å². The van der Waals surface area contributed by atoms with Crippen LogP contribution in [0.1, 0.15) is 181 Å². The summed E-state index contributed by atoms with van der Waals surface area (Å²) in [6.07, 6.45) is 26.5. The minimum absolute atomic E-state index is 0.00565. The van der Waals surface area contributed by atoms with Crippen LogP contribution in [0.5, 0.6) is 0 Å². The van der Waals surface area contributed by atoms with E-state index < -0.39 is 69.4 Å². The molecule has 11 aliphatic carbocycles. The van der Waals surface area contributed by atoms with Crippen molar-refractivity contribution >= 4 is 33.3 Å². The standard InChI is InChI=1S/C67H102N6O8S2/c1-38(76)72-61(68)71-33-40-30-64(36-75)48-29-52(67(64,81)49-28-50(77)57-47(34-69-4)59(79)51(78)32-65(57,55(40)49)41-14-6-5-7-15-41)66(23-11-16-42(66)19-26-74)83-82-35-43(73-25-24-70-37-73)31-62(2,3)58-45-18-12-22-63(20-8-9-21-63)56(45)44-17-10-13-39-27-46(48)60(80)54(58)53(39)44/h24-25,28,37-43,46-48,51-52,54-57,59-60,69,74-76,78-81H,5-23,26-27,29-36H2,1-4H3,(H3,68,71,72)/t38-,39-,40+,42-,43-,46+,47+,48-,51+,52+,54-,55+,56-,57+,59-,60+,64+,65+,66-,67+/m1/s1. The monoisotopic (exact) mass is 1180 g/mol. The molecule has 20 atom stereocenters. The molecule has 4 bridgehead atoms. The summed E-state index contributed by atoms with van der Waals surface area (Å²) in [5.74, 6) is -1.97. The SMILES string of the molecule is CNC[C@@H]1[C@@H](O)[C@@H](O)C[C@]2(C3CCCCC3)[C@@H]3C(=CC(=O)[C@H]12)[C@]1(O)[C@H]2C[C@H]([C@@H]4C[C@H]5CCCC6=C5[C@H](C(=C5CCCC7(CCCC7)[C@H]65)C(C)(C)C[C@@H](n5ccnc5)CSS[C@@]25CCC[C@@H]5CCO)[C@H]4O)[C@@]1(CO)C[C@H]3CN=C(N)N[C@@H](C)O. The fraction of sp³-hybridized carbons (Fsp3) is 0.836. The number of fused-ring (bicyclic) bond motifs is 15. The largest absolute Gasteiger partial charge is 0.396 e. The Bertz CT molecular complexity index is 2700. The second kappa shape index (κ2) is 22.7. The summed E-state index contributed by atoms with van der Waals surface area (Å²) in [7, 11) is 5.68. The van der Waals surface area contributed by atoms with Crippen molar-refractivity contribution in [3.63, 3.8) is 0 Å². The molecule has 11 N–H and O–H groups in total. The Balaban J connectivity index is 1.07. The van der Waals surface area contributed by atoms with E-state index in [-0.39, 0.29) is 96.2 Å². The molecule has 2 spiro atoms. The third-order valence-corrected chi connectivity index (χ3v) is 29.8. The van der Waals surface area contributed by atoms with Crippen molar-refractivity contribution in [3.8, 4) is 0 Å². The third-order valence-electron chi connectivity index (χ3n) is 26.3. The van der Waals surface area contributed by atoms with Crippen LogP contribution in [0.25, 0.3) is 0 Å². The minimum Gasteiger partial charge on any atom is -0.396 e. The Morgan fingerprint density at radius 2 is 1.69 bits per heavy atom. The molecular formula is C67H102N6O8S2. The number of carbonyl (C=O) groups excluding carboxylic acids is 1. The summed E-state index contributed by atoms with van der Waals surface area (Å²) in [6, 6.07) is 0.0731. The Hall–Kier alpha value is -2.25. The van der Waals surface area contributed by atoms with Gasteiger partial charge in [0.15, 0.2) is 11.7 Å². The van der Waals surface area contributed by atoms with Crippen molar-refractivity contribution < 1.29 is 40.5 Å². The van der Waals surface area contributed by atoms with E-state index in [9.17, 15) is 30.6 Å². The number of hydrogen-bond donors (Lipinski definition) is 10. The Morgan fingerprint density at radius 1 is 0.916 bits per heavy atom. The fourth-order valence-corrected chi connectivity index (χ4v) is 28.0. The van der Waals surface area contributed by atoms with Gasteiger partial charge in [0, 0.05) is 83.6 Å². The van der Waals surface area contributed by atoms with Gasteiger partial charge < -0.3 is 56.7 Å². The fourth-order valence-electron chi connectivity index (χ4n) is 24.0. The normalized spacial score (nSPS) is 45.3. The first-order valence-corrected chi connectivity index (χ1v) is 35.6. The van der Waals surface area contributed by atoms with Gasteiger partial charge in [0.2, 0.25) is 0 Å². The molecule has 16 heteroatoms. The van der Waals surface area contributed by atoms with Gasteiger partial charge in [-0.3, -0.25) is 9.79 Å². The smallest absolute Gasteiger partial charge is 0.190 e. The highest BCUT2D eigenvalue weighted by Crippen LogP contribution is 2.79. The number of aromatic nitrogens is 2. The van der Waals surface area contributed by atoms with E-state index in [2.05, 4.69) is 40.2 Å². The van der Waals surface area contributed by atoms with Gasteiger partial charge in [0.25, 0.3) is 0 Å². The number of allylic oxidation sites excluding steroid dienone is 3. The number of aliphatic hydroxyl groups is 7. The lowest BCUT2D eigenvalue weighted by atomic mass is 9.37. The first-order valence-electron chi connectivity index (χ1n) is 33.3. The number of imidazole rings is 1. The quantitative estimate of drug-likeness (QED) is 0.0347. The molecule has 14 nitrogen and oxygen atoms in total. The van der Waals surface area contributed by atoms with Crippen molar-refractivity contribution in [2.45, 2.75) is 216 Å². The van der Waals surface area contributed by atoms with E-state index in [1.165, 1.54) is 44.1 Å². The molecule has 1 aliphatic heterocycles. The van der Waals surface area contributed by atoms with E-state index >= 15 is 9.90 Å². The number of rotatable bonds is 10. The van der Waals surface area contributed by atoms with Crippen molar-refractivity contribution in [1.29, 1.82) is 0 Å². The summed E-state index contributed by atoms with van der Waals surface area (Å²) in [5, 5.41) is 96.4. The highest BCUT2D eigenvalue weighted by atomic mass is 33.1. The van der Waals surface area contributed by atoms with Crippen LogP contribution in [0.2, 0.25) is 0 Å². The van der Waals surface area contributed by atoms with Gasteiger partial charge in [-0.15, -0.1) is 0 Å². The lowest BCUT2D eigenvalue weighted by Crippen LogP contribution is -2.71. The van der Waals surface area contributed by atoms with E-state index in [0.29, 0.717) is 37.3 Å². The molecule has 13 rings (SSSR count). The third kappa shape index (κ3) is 9.05. The van der Waals surface area contributed by atoms with E-state index in [4.69, 9.17) is 10.7 Å². The number of aliphatic hydroxyl groups excluding tert-OH is 6. The number of nitrogens with one attached hydrogen (secondary N) is 2. The molecule has 0 unspecified atom stereocenters. The van der Waals surface area contributed by atoms with Crippen LogP contribution in [0.3, 0.4) is 0 Å². The van der Waals surface area contributed by atoms with Crippen molar-refractivity contribution in [2.75, 3.05) is 39.1 Å². The molecular weight excluding hydrogens is 1080 g/mol. The van der Waals surface area contributed by atoms with Crippen LogP contribution in [0.15, 0.2) is 57.7 Å². The maximum Gasteiger partial charge on any atom is 0.190 e. The average Bonchev–Trinajstić information content (AvgIpc) is 1.72. The summed E-state index contributed by atoms with van der Waals surface area (Å²) in [4.78, 5) is 26.1. The summed E-state index contributed by atoms with van der Waals surface area (Å²) in [5.41, 5.74) is 9.78. The number of nitrogens with two attached hydrogens (primary N) is 1. The van der Waals surface area contributed by atoms with Gasteiger partial charge in [0.05, 0.1) is 36.8 Å². The molecule has 2 heterocycles. The molecule has 1 aromatic heterocycles. The van der Waals surface area contributed by atoms with Crippen LogP contribution in [-0.4, -0.2) is 131 Å². The molecule has 0 aromatic carbocycles. The Kier molecular flexibility index (Phi) is 16.3. The highest BCUT2D eigenvalue weighted by molar-refractivity contribution is 8.77. The van der Waals surface area contributed by atoms with Gasteiger partial charge >= 0.3 is 0 Å². The van der Waals surface area contributed by atoms with Crippen molar-refractivity contribution in [1.82, 2.24) is 20.2 Å². The molecule has 9 fully saturated rings. The van der Waals surface area contributed by atoms with E-state index in [1.807, 2.05) is 47.2 Å². The number of carbonyl (C=O) groups is 1. The zero-order valence-electron chi connectivity index (χ0n) is 50.4. The van der Waals surface area contributed by atoms with Gasteiger partial charge in [-0.2, -0.15) is 0 Å². The first kappa shape index (κ1) is 59.7. The first-order chi connectivity index (χ1) is 39.9. The number of nitrogens with zero attached hydrogens (tertiary/aromatic N) is 3. The molecule has 12 aliphatic rings. The lowest BCUT2D eigenvalue weighted by Gasteiger charge is -2.68. The van der Waals surface area contributed by atoms with Crippen molar-refractivity contribution in [3.05, 3.63) is 52.7 Å². The summed E-state index contributed by atoms with van der Waals surface area (Å²) in [6.45, 7) is 6.79. The summed E-state index contributed by atoms with van der Waals surface area (Å²) < 4.78 is 1.73. The molecule has 460 valence electrons. The van der Waals surface area contributed by atoms with Gasteiger partial charge in [-0.1, -0.05) is 96.3 Å². The second-order valence-electron chi connectivity index (χ2n) is 30.3. The van der Waals surface area contributed by atoms with Crippen LogP contribution in [-0.2, 0) is 4.79 Å². The zero-order valence-corrected chi connectivity index (χ0v) is 52.0. The zero-order chi connectivity index (χ0) is 58.0. The summed E-state index contributed by atoms with van der Waals surface area (Å²) >= 11 is 0.